The van der Waals surface area contributed by atoms with Crippen molar-refractivity contribution < 1.29 is 19.0 Å². The molecule has 10 nitrogen and oxygen atoms in total. The Labute approximate surface area is 241 Å². The number of anilines is 3. The minimum absolute atomic E-state index is 0.0303. The van der Waals surface area contributed by atoms with Gasteiger partial charge in [-0.15, -0.1) is 0 Å². The molecular weight excluding hydrogens is 520 g/mol. The predicted octanol–water partition coefficient (Wildman–Crippen LogP) is 4.75. The van der Waals surface area contributed by atoms with Crippen molar-refractivity contribution in [3.63, 3.8) is 0 Å². The lowest BCUT2D eigenvalue weighted by Gasteiger charge is -2.24. The van der Waals surface area contributed by atoms with Gasteiger partial charge in [-0.2, -0.15) is 0 Å². The van der Waals surface area contributed by atoms with Crippen molar-refractivity contribution in [2.45, 2.75) is 51.5 Å². The fourth-order valence-corrected chi connectivity index (χ4v) is 4.72. The number of fused-ring (bicyclic) bond motifs is 1. The summed E-state index contributed by atoms with van der Waals surface area (Å²) < 4.78 is 16.6. The standard InChI is InChI=1S/C31H36N6O4/c1-31(2,3)41-30(38)36-17-16-23(20-36)34-28-27-29(33-21-32-28)37(19-22-12-14-24(39-4)15-13-22)26(35-27)11-8-18-40-25-9-6-5-7-10-25/h5-7,9-10,12-15,21,23,26,35H,16-20H2,1-4H3,(H,32,33,34). The quantitative estimate of drug-likeness (QED) is 0.400. The zero-order valence-corrected chi connectivity index (χ0v) is 23.9. The summed E-state index contributed by atoms with van der Waals surface area (Å²) in [7, 11) is 1.65. The van der Waals surface area contributed by atoms with Crippen molar-refractivity contribution in [3.05, 3.63) is 66.5 Å². The van der Waals surface area contributed by atoms with Crippen LogP contribution in [-0.2, 0) is 11.3 Å². The molecule has 0 radical (unpaired) electrons. The summed E-state index contributed by atoms with van der Waals surface area (Å²) in [6.45, 7) is 7.60. The van der Waals surface area contributed by atoms with Crippen LogP contribution in [0.4, 0.5) is 22.1 Å². The number of carbonyl (C=O) groups is 1. The number of rotatable bonds is 7. The first kappa shape index (κ1) is 27.9. The number of hydrogen-bond donors (Lipinski definition) is 2. The summed E-state index contributed by atoms with van der Waals surface area (Å²) in [4.78, 5) is 25.6. The van der Waals surface area contributed by atoms with Crippen molar-refractivity contribution in [3.8, 4) is 23.3 Å². The van der Waals surface area contributed by atoms with Crippen molar-refractivity contribution in [2.24, 2.45) is 0 Å². The molecule has 10 heteroatoms. The molecule has 1 fully saturated rings. The maximum atomic E-state index is 12.6. The van der Waals surface area contributed by atoms with Crippen molar-refractivity contribution in [1.29, 1.82) is 0 Å². The van der Waals surface area contributed by atoms with Crippen LogP contribution in [0.3, 0.4) is 0 Å². The van der Waals surface area contributed by atoms with E-state index in [1.165, 1.54) is 0 Å². The monoisotopic (exact) mass is 556 g/mol. The Morgan fingerprint density at radius 2 is 1.88 bits per heavy atom. The van der Waals surface area contributed by atoms with Crippen molar-refractivity contribution in [1.82, 2.24) is 14.9 Å². The lowest BCUT2D eigenvalue weighted by molar-refractivity contribution is 0.0293. The van der Waals surface area contributed by atoms with Crippen molar-refractivity contribution in [2.75, 3.05) is 42.3 Å². The van der Waals surface area contributed by atoms with Gasteiger partial charge in [-0.3, -0.25) is 0 Å². The van der Waals surface area contributed by atoms with Crippen LogP contribution in [0.2, 0.25) is 0 Å². The Balaban J connectivity index is 1.32. The van der Waals surface area contributed by atoms with Gasteiger partial charge in [0.05, 0.1) is 7.11 Å². The van der Waals surface area contributed by atoms with E-state index in [-0.39, 0.29) is 24.9 Å². The molecule has 0 bridgehead atoms. The van der Waals surface area contributed by atoms with Crippen LogP contribution in [0.1, 0.15) is 32.8 Å². The van der Waals surface area contributed by atoms with Gasteiger partial charge in [-0.1, -0.05) is 42.2 Å². The number of aromatic nitrogens is 2. The normalized spacial score (nSPS) is 17.7. The number of amides is 1. The topological polar surface area (TPSA) is 101 Å². The Hall–Kier alpha value is -4.65. The summed E-state index contributed by atoms with van der Waals surface area (Å²) in [5.74, 6) is 9.46. The van der Waals surface area contributed by atoms with Crippen LogP contribution in [0.5, 0.6) is 11.5 Å². The minimum Gasteiger partial charge on any atom is -0.497 e. The maximum absolute atomic E-state index is 12.6. The van der Waals surface area contributed by atoms with E-state index in [1.807, 2.05) is 75.4 Å². The molecule has 3 aromatic rings. The van der Waals surface area contributed by atoms with Gasteiger partial charge in [-0.05, 0) is 57.0 Å². The fourth-order valence-electron chi connectivity index (χ4n) is 4.72. The molecule has 214 valence electrons. The second-order valence-electron chi connectivity index (χ2n) is 10.9. The first-order valence-corrected chi connectivity index (χ1v) is 13.7. The van der Waals surface area contributed by atoms with E-state index in [0.717, 1.165) is 35.0 Å². The fraction of sp³-hybridized carbons (Fsp3) is 0.387. The van der Waals surface area contributed by atoms with Gasteiger partial charge in [0.25, 0.3) is 0 Å². The SMILES string of the molecule is COc1ccc(CN2c3ncnc(NC4CCN(C(=O)OC(C)(C)C)C4)c3NC2C#CCOc2ccccc2)cc1. The molecule has 2 N–H and O–H groups in total. The molecule has 1 saturated heterocycles. The van der Waals surface area contributed by atoms with Gasteiger partial charge in [-0.25, -0.2) is 14.8 Å². The smallest absolute Gasteiger partial charge is 0.410 e. The lowest BCUT2D eigenvalue weighted by Crippen LogP contribution is -2.36. The van der Waals surface area contributed by atoms with Crippen LogP contribution in [0.25, 0.3) is 0 Å². The lowest BCUT2D eigenvalue weighted by atomic mass is 10.2. The van der Waals surface area contributed by atoms with Crippen LogP contribution in [-0.4, -0.2) is 65.6 Å². The highest BCUT2D eigenvalue weighted by molar-refractivity contribution is 5.83. The van der Waals surface area contributed by atoms with E-state index in [1.54, 1.807) is 18.3 Å². The van der Waals surface area contributed by atoms with E-state index in [0.29, 0.717) is 25.5 Å². The Bertz CT molecular complexity index is 1400. The molecule has 3 heterocycles. The highest BCUT2D eigenvalue weighted by Crippen LogP contribution is 2.38. The Kier molecular flexibility index (Phi) is 8.34. The maximum Gasteiger partial charge on any atom is 0.410 e. The number of methoxy groups -OCH3 is 1. The molecule has 41 heavy (non-hydrogen) atoms. The Morgan fingerprint density at radius 1 is 1.10 bits per heavy atom. The summed E-state index contributed by atoms with van der Waals surface area (Å²) in [5.41, 5.74) is 1.33. The third kappa shape index (κ3) is 7.11. The molecule has 2 aromatic carbocycles. The number of likely N-dealkylation sites (tertiary alicyclic amines) is 1. The number of benzene rings is 2. The number of hydrogen-bond acceptors (Lipinski definition) is 9. The molecule has 2 aliphatic heterocycles. The molecule has 0 saturated carbocycles. The highest BCUT2D eigenvalue weighted by Gasteiger charge is 2.34. The van der Waals surface area contributed by atoms with Crippen LogP contribution in [0.15, 0.2) is 60.9 Å². The van der Waals surface area contributed by atoms with Crippen LogP contribution >= 0.6 is 0 Å². The zero-order chi connectivity index (χ0) is 28.8. The number of nitrogens with one attached hydrogen (secondary N) is 2. The number of para-hydroxylation sites is 1. The minimum atomic E-state index is -0.532. The molecular formula is C31H36N6O4. The number of ether oxygens (including phenoxy) is 3. The molecule has 0 spiro atoms. The predicted molar refractivity (Wildman–Crippen MR) is 158 cm³/mol. The van der Waals surface area contributed by atoms with Crippen LogP contribution < -0.4 is 25.0 Å². The largest absolute Gasteiger partial charge is 0.497 e. The van der Waals surface area contributed by atoms with E-state index < -0.39 is 5.60 Å². The van der Waals surface area contributed by atoms with Crippen LogP contribution in [0, 0.1) is 11.8 Å². The van der Waals surface area contributed by atoms with E-state index in [2.05, 4.69) is 37.3 Å². The summed E-state index contributed by atoms with van der Waals surface area (Å²) in [6, 6.07) is 17.6. The molecule has 1 aromatic heterocycles. The molecule has 5 rings (SSSR count). The van der Waals surface area contributed by atoms with Gasteiger partial charge in [0, 0.05) is 25.7 Å². The first-order valence-electron chi connectivity index (χ1n) is 13.7. The van der Waals surface area contributed by atoms with Gasteiger partial charge >= 0.3 is 6.09 Å². The van der Waals surface area contributed by atoms with Gasteiger partial charge in [0.2, 0.25) is 0 Å². The number of nitrogens with zero attached hydrogens (tertiary/aromatic N) is 4. The molecule has 1 amide bonds. The Morgan fingerprint density at radius 3 is 2.61 bits per heavy atom. The zero-order valence-electron chi connectivity index (χ0n) is 23.9. The third-order valence-corrected chi connectivity index (χ3v) is 6.68. The van der Waals surface area contributed by atoms with Crippen molar-refractivity contribution >= 4 is 23.4 Å². The van der Waals surface area contributed by atoms with E-state index >= 15 is 0 Å². The molecule has 2 unspecified atom stereocenters. The van der Waals surface area contributed by atoms with Gasteiger partial charge < -0.3 is 34.6 Å². The number of carbonyl (C=O) groups excluding carboxylic acids is 1. The summed E-state index contributed by atoms with van der Waals surface area (Å²) >= 11 is 0. The van der Waals surface area contributed by atoms with E-state index in [4.69, 9.17) is 14.2 Å². The third-order valence-electron chi connectivity index (χ3n) is 6.68. The summed E-state index contributed by atoms with van der Waals surface area (Å²) in [5, 5.41) is 7.03. The molecule has 0 aliphatic carbocycles. The average molecular weight is 557 g/mol. The van der Waals surface area contributed by atoms with E-state index in [9.17, 15) is 4.79 Å². The molecule has 2 aliphatic rings. The van der Waals surface area contributed by atoms with Gasteiger partial charge in [0.1, 0.15) is 35.7 Å². The van der Waals surface area contributed by atoms with Gasteiger partial charge in [0.15, 0.2) is 17.8 Å². The second-order valence-corrected chi connectivity index (χ2v) is 10.9. The molecule has 2 atom stereocenters. The average Bonchev–Trinajstić information content (AvgIpc) is 3.57. The first-order chi connectivity index (χ1) is 19.8. The highest BCUT2D eigenvalue weighted by atomic mass is 16.6. The second kappa shape index (κ2) is 12.3. The summed E-state index contributed by atoms with van der Waals surface area (Å²) in [6.07, 6.45) is 1.70.